The van der Waals surface area contributed by atoms with Gasteiger partial charge in [0.2, 0.25) is 11.8 Å². The molecule has 2 aromatic carbocycles. The standard InChI is InChI=1S/C33H41N3O5/c1-40-30(38)20-15-23-13-18-28(19-14-23)34-32(39)31(25-7-5-6-8-25)26-16-11-24(12-17-26)21-36-29(37)22-41-33(35-36)27-9-3-2-4-10-27/h2-4,9-12,16-17,23,25,28,31H,5-8,13-15,18-22H2,1H3,(H,34,39)/t23-,28-,31?. The van der Waals surface area contributed by atoms with Gasteiger partial charge in [-0.1, -0.05) is 55.3 Å². The van der Waals surface area contributed by atoms with Gasteiger partial charge >= 0.3 is 5.97 Å². The van der Waals surface area contributed by atoms with Crippen LogP contribution >= 0.6 is 0 Å². The van der Waals surface area contributed by atoms with E-state index in [1.54, 1.807) is 0 Å². The fourth-order valence-electron chi connectivity index (χ4n) is 6.49. The molecule has 0 spiro atoms. The molecule has 1 heterocycles. The number of methoxy groups -OCH3 is 1. The van der Waals surface area contributed by atoms with Gasteiger partial charge in [0.25, 0.3) is 5.91 Å². The summed E-state index contributed by atoms with van der Waals surface area (Å²) < 4.78 is 10.3. The lowest BCUT2D eigenvalue weighted by atomic mass is 9.81. The van der Waals surface area contributed by atoms with Gasteiger partial charge in [0.15, 0.2) is 6.61 Å². The van der Waals surface area contributed by atoms with Crippen molar-refractivity contribution in [1.29, 1.82) is 0 Å². The fraction of sp³-hybridized carbons (Fsp3) is 0.515. The lowest BCUT2D eigenvalue weighted by Gasteiger charge is -2.31. The van der Waals surface area contributed by atoms with Gasteiger partial charge in [-0.2, -0.15) is 0 Å². The summed E-state index contributed by atoms with van der Waals surface area (Å²) in [5.74, 6) is 0.934. The van der Waals surface area contributed by atoms with Crippen molar-refractivity contribution < 1.29 is 23.9 Å². The number of hydrazone groups is 1. The molecule has 8 heteroatoms. The molecule has 2 saturated carbocycles. The smallest absolute Gasteiger partial charge is 0.305 e. The number of hydrogen-bond acceptors (Lipinski definition) is 6. The molecule has 0 saturated heterocycles. The average Bonchev–Trinajstić information content (AvgIpc) is 3.53. The van der Waals surface area contributed by atoms with E-state index in [2.05, 4.69) is 10.4 Å². The van der Waals surface area contributed by atoms with Crippen molar-refractivity contribution in [3.05, 3.63) is 71.3 Å². The summed E-state index contributed by atoms with van der Waals surface area (Å²) in [6, 6.07) is 17.9. The summed E-state index contributed by atoms with van der Waals surface area (Å²) in [4.78, 5) is 37.7. The highest BCUT2D eigenvalue weighted by molar-refractivity contribution is 5.97. The number of nitrogens with one attached hydrogen (secondary N) is 1. The Morgan fingerprint density at radius 1 is 1.00 bits per heavy atom. The molecule has 2 fully saturated rings. The largest absolute Gasteiger partial charge is 0.469 e. The predicted molar refractivity (Wildman–Crippen MR) is 156 cm³/mol. The first-order valence-electron chi connectivity index (χ1n) is 15.0. The van der Waals surface area contributed by atoms with Crippen LogP contribution in [-0.4, -0.2) is 48.4 Å². The number of rotatable bonds is 10. The number of ether oxygens (including phenoxy) is 2. The van der Waals surface area contributed by atoms with E-state index in [1.807, 2.05) is 54.6 Å². The Morgan fingerprint density at radius 3 is 2.39 bits per heavy atom. The van der Waals surface area contributed by atoms with Gasteiger partial charge in [-0.3, -0.25) is 14.4 Å². The monoisotopic (exact) mass is 559 g/mol. The maximum Gasteiger partial charge on any atom is 0.305 e. The second kappa shape index (κ2) is 13.8. The quantitative estimate of drug-likeness (QED) is 0.398. The van der Waals surface area contributed by atoms with Crippen LogP contribution in [-0.2, 0) is 30.4 Å². The Morgan fingerprint density at radius 2 is 1.71 bits per heavy atom. The van der Waals surface area contributed by atoms with Gasteiger partial charge in [-0.15, -0.1) is 5.10 Å². The van der Waals surface area contributed by atoms with Crippen LogP contribution in [0.5, 0.6) is 0 Å². The Hall–Kier alpha value is -3.68. The van der Waals surface area contributed by atoms with Crippen LogP contribution in [0.25, 0.3) is 0 Å². The number of carbonyl (C=O) groups excluding carboxylic acids is 3. The lowest BCUT2D eigenvalue weighted by Crippen LogP contribution is -2.41. The van der Waals surface area contributed by atoms with E-state index in [9.17, 15) is 14.4 Å². The van der Waals surface area contributed by atoms with Crippen LogP contribution in [0.1, 0.15) is 86.8 Å². The number of benzene rings is 2. The molecule has 0 radical (unpaired) electrons. The van der Waals surface area contributed by atoms with Gasteiger partial charge < -0.3 is 14.8 Å². The van der Waals surface area contributed by atoms with Crippen molar-refractivity contribution in [3.8, 4) is 0 Å². The maximum absolute atomic E-state index is 13.7. The molecule has 2 aliphatic carbocycles. The average molecular weight is 560 g/mol. The summed E-state index contributed by atoms with van der Waals surface area (Å²) in [7, 11) is 1.43. The van der Waals surface area contributed by atoms with Crippen LogP contribution in [0.4, 0.5) is 0 Å². The number of carbonyl (C=O) groups is 3. The zero-order valence-corrected chi connectivity index (χ0v) is 23.9. The van der Waals surface area contributed by atoms with Gasteiger partial charge in [0.1, 0.15) is 0 Å². The van der Waals surface area contributed by atoms with Gasteiger partial charge in [-0.25, -0.2) is 5.01 Å². The summed E-state index contributed by atoms with van der Waals surface area (Å²) in [6.07, 6.45) is 9.76. The molecule has 218 valence electrons. The second-order valence-corrected chi connectivity index (χ2v) is 11.6. The van der Waals surface area contributed by atoms with Crippen LogP contribution in [0.15, 0.2) is 59.7 Å². The molecular weight excluding hydrogens is 518 g/mol. The Balaban J connectivity index is 1.21. The van der Waals surface area contributed by atoms with Gasteiger partial charge in [0, 0.05) is 18.0 Å². The minimum absolute atomic E-state index is 0.0388. The third kappa shape index (κ3) is 7.54. The molecule has 2 aromatic rings. The molecule has 41 heavy (non-hydrogen) atoms. The van der Waals surface area contributed by atoms with Crippen molar-refractivity contribution in [3.63, 3.8) is 0 Å². The first-order chi connectivity index (χ1) is 20.0. The van der Waals surface area contributed by atoms with Crippen molar-refractivity contribution in [1.82, 2.24) is 10.3 Å². The maximum atomic E-state index is 13.7. The molecule has 1 N–H and O–H groups in total. The third-order valence-corrected chi connectivity index (χ3v) is 8.85. The van der Waals surface area contributed by atoms with E-state index < -0.39 is 0 Å². The second-order valence-electron chi connectivity index (χ2n) is 11.6. The van der Waals surface area contributed by atoms with E-state index in [-0.39, 0.29) is 36.4 Å². The minimum atomic E-state index is -0.183. The fourth-order valence-corrected chi connectivity index (χ4v) is 6.49. The molecule has 1 unspecified atom stereocenters. The molecule has 8 nitrogen and oxygen atoms in total. The van der Waals surface area contributed by atoms with Crippen molar-refractivity contribution >= 4 is 23.7 Å². The number of nitrogens with zero attached hydrogens (tertiary/aromatic N) is 2. The Kier molecular flexibility index (Phi) is 9.70. The van der Waals surface area contributed by atoms with Gasteiger partial charge in [0.05, 0.1) is 19.6 Å². The zero-order valence-electron chi connectivity index (χ0n) is 23.9. The van der Waals surface area contributed by atoms with Crippen molar-refractivity contribution in [2.24, 2.45) is 16.9 Å². The predicted octanol–water partition coefficient (Wildman–Crippen LogP) is 5.31. The van der Waals surface area contributed by atoms with Crippen molar-refractivity contribution in [2.45, 2.75) is 82.7 Å². The lowest BCUT2D eigenvalue weighted by molar-refractivity contribution is -0.141. The van der Waals surface area contributed by atoms with Gasteiger partial charge in [-0.05, 0) is 80.0 Å². The Labute approximate surface area is 242 Å². The molecule has 5 rings (SSSR count). The molecule has 3 aliphatic rings. The van der Waals surface area contributed by atoms with E-state index in [0.29, 0.717) is 30.7 Å². The zero-order chi connectivity index (χ0) is 28.6. The molecule has 0 bridgehead atoms. The summed E-state index contributed by atoms with van der Waals surface area (Å²) in [5.41, 5.74) is 2.82. The number of amides is 2. The number of esters is 1. The highest BCUT2D eigenvalue weighted by Crippen LogP contribution is 2.38. The summed E-state index contributed by atoms with van der Waals surface area (Å²) >= 11 is 0. The topological polar surface area (TPSA) is 97.3 Å². The highest BCUT2D eigenvalue weighted by atomic mass is 16.5. The molecule has 2 amide bonds. The van der Waals surface area contributed by atoms with E-state index in [0.717, 1.165) is 61.6 Å². The van der Waals surface area contributed by atoms with Crippen LogP contribution < -0.4 is 5.32 Å². The minimum Gasteiger partial charge on any atom is -0.469 e. The molecular formula is C33H41N3O5. The van der Waals surface area contributed by atoms with Crippen LogP contribution in [0, 0.1) is 11.8 Å². The normalized spacial score (nSPS) is 22.0. The van der Waals surface area contributed by atoms with Crippen LogP contribution in [0.3, 0.4) is 0 Å². The highest BCUT2D eigenvalue weighted by Gasteiger charge is 2.34. The van der Waals surface area contributed by atoms with E-state index in [1.165, 1.54) is 25.0 Å². The van der Waals surface area contributed by atoms with Crippen LogP contribution in [0.2, 0.25) is 0 Å². The summed E-state index contributed by atoms with van der Waals surface area (Å²) in [6.45, 7) is 0.307. The number of hydrogen-bond donors (Lipinski definition) is 1. The first kappa shape index (κ1) is 28.8. The van der Waals surface area contributed by atoms with E-state index in [4.69, 9.17) is 9.47 Å². The van der Waals surface area contributed by atoms with Crippen molar-refractivity contribution in [2.75, 3.05) is 13.7 Å². The van der Waals surface area contributed by atoms with E-state index >= 15 is 0 Å². The first-order valence-corrected chi connectivity index (χ1v) is 15.0. The molecule has 0 aromatic heterocycles. The summed E-state index contributed by atoms with van der Waals surface area (Å²) in [5, 5.41) is 9.31. The third-order valence-electron chi connectivity index (χ3n) is 8.85. The Bertz CT molecular complexity index is 1220. The molecule has 1 atom stereocenters. The molecule has 1 aliphatic heterocycles. The SMILES string of the molecule is COC(=O)CC[C@H]1CC[C@H](NC(=O)C(c2ccc(CN3N=C(c4ccccc4)OCC3=O)cc2)C2CCCC2)CC1.